The molecule has 0 saturated carbocycles. The van der Waals surface area contributed by atoms with Crippen LogP contribution in [0.5, 0.6) is 0 Å². The summed E-state index contributed by atoms with van der Waals surface area (Å²) in [7, 11) is 0. The summed E-state index contributed by atoms with van der Waals surface area (Å²) in [6, 6.07) is 3.36. The third-order valence-electron chi connectivity index (χ3n) is 3.20. The van der Waals surface area contributed by atoms with E-state index >= 15 is 0 Å². The number of ether oxygens (including phenoxy) is 1. The minimum absolute atomic E-state index is 0.00830. The van der Waals surface area contributed by atoms with Crippen molar-refractivity contribution < 1.29 is 9.53 Å². The maximum absolute atomic E-state index is 12.3. The molecular formula is C14H19ClN2O2. The molecule has 0 radical (unpaired) electrons. The van der Waals surface area contributed by atoms with E-state index in [9.17, 15) is 4.79 Å². The molecule has 1 aliphatic rings. The van der Waals surface area contributed by atoms with Crippen LogP contribution in [-0.2, 0) is 4.74 Å². The predicted molar refractivity (Wildman–Crippen MR) is 74.4 cm³/mol. The highest BCUT2D eigenvalue weighted by Crippen LogP contribution is 2.16. The number of carbonyl (C=O) groups excluding carboxylic acids is 1. The fourth-order valence-electron chi connectivity index (χ4n) is 2.23. The number of carbonyl (C=O) groups is 1. The summed E-state index contributed by atoms with van der Waals surface area (Å²) in [6.45, 7) is 4.30. The number of halogens is 1. The molecule has 0 aromatic carbocycles. The van der Waals surface area contributed by atoms with Crippen LogP contribution in [0.1, 0.15) is 36.5 Å². The lowest BCUT2D eigenvalue weighted by Gasteiger charge is -2.32. The number of nitrogens with zero attached hydrogens (tertiary/aromatic N) is 2. The molecule has 2 heterocycles. The lowest BCUT2D eigenvalue weighted by atomic mass is 10.1. The molecule has 0 aliphatic carbocycles. The lowest BCUT2D eigenvalue weighted by Crippen LogP contribution is -2.43. The molecule has 1 atom stereocenters. The van der Waals surface area contributed by atoms with E-state index in [1.54, 1.807) is 12.1 Å². The second kappa shape index (κ2) is 6.87. The number of pyridine rings is 1. The van der Waals surface area contributed by atoms with Gasteiger partial charge in [-0.15, -0.1) is 0 Å². The zero-order valence-corrected chi connectivity index (χ0v) is 11.9. The van der Waals surface area contributed by atoms with Gasteiger partial charge in [0.2, 0.25) is 0 Å². The van der Waals surface area contributed by atoms with Crippen molar-refractivity contribution in [2.75, 3.05) is 19.7 Å². The summed E-state index contributed by atoms with van der Waals surface area (Å²) < 4.78 is 5.74. The Hall–Kier alpha value is -1.13. The van der Waals surface area contributed by atoms with Crippen LogP contribution in [0.3, 0.4) is 0 Å². The average Bonchev–Trinajstić information content (AvgIpc) is 2.45. The van der Waals surface area contributed by atoms with Crippen molar-refractivity contribution >= 4 is 17.5 Å². The monoisotopic (exact) mass is 282 g/mol. The molecule has 1 aliphatic heterocycles. The highest BCUT2D eigenvalue weighted by Gasteiger charge is 2.24. The van der Waals surface area contributed by atoms with Crippen molar-refractivity contribution in [3.8, 4) is 0 Å². The fourth-order valence-corrected chi connectivity index (χ4v) is 2.34. The first-order valence-electron chi connectivity index (χ1n) is 6.73. The molecule has 1 aromatic rings. The van der Waals surface area contributed by atoms with Gasteiger partial charge in [0.05, 0.1) is 11.7 Å². The van der Waals surface area contributed by atoms with Crippen LogP contribution >= 0.6 is 11.6 Å². The van der Waals surface area contributed by atoms with Gasteiger partial charge in [-0.2, -0.15) is 0 Å². The van der Waals surface area contributed by atoms with Crippen LogP contribution in [0, 0.1) is 0 Å². The Balaban J connectivity index is 1.96. The van der Waals surface area contributed by atoms with Crippen molar-refractivity contribution in [2.24, 2.45) is 0 Å². The van der Waals surface area contributed by atoms with E-state index in [1.165, 1.54) is 6.20 Å². The molecule has 5 heteroatoms. The number of hydrogen-bond donors (Lipinski definition) is 0. The van der Waals surface area contributed by atoms with Crippen LogP contribution in [0.2, 0.25) is 5.15 Å². The Kier molecular flexibility index (Phi) is 5.16. The molecule has 1 fully saturated rings. The van der Waals surface area contributed by atoms with Gasteiger partial charge in [-0.1, -0.05) is 18.5 Å². The van der Waals surface area contributed by atoms with Gasteiger partial charge in [0.15, 0.2) is 0 Å². The minimum Gasteiger partial charge on any atom is -0.376 e. The van der Waals surface area contributed by atoms with Gasteiger partial charge in [0.1, 0.15) is 5.15 Å². The summed E-state index contributed by atoms with van der Waals surface area (Å²) in [5.74, 6) is 0.00830. The fraction of sp³-hybridized carbons (Fsp3) is 0.571. The molecule has 0 bridgehead atoms. The summed E-state index contributed by atoms with van der Waals surface area (Å²) in [4.78, 5) is 18.1. The maximum atomic E-state index is 12.3. The van der Waals surface area contributed by atoms with Crippen LogP contribution in [-0.4, -0.2) is 41.6 Å². The Bertz CT molecular complexity index is 422. The summed E-state index contributed by atoms with van der Waals surface area (Å²) in [5.41, 5.74) is 0.584. The quantitative estimate of drug-likeness (QED) is 0.798. The zero-order valence-electron chi connectivity index (χ0n) is 11.1. The van der Waals surface area contributed by atoms with Gasteiger partial charge in [-0.05, 0) is 31.4 Å². The van der Waals surface area contributed by atoms with E-state index in [0.717, 1.165) is 32.4 Å². The largest absolute Gasteiger partial charge is 0.376 e. The van der Waals surface area contributed by atoms with Crippen molar-refractivity contribution in [3.63, 3.8) is 0 Å². The maximum Gasteiger partial charge on any atom is 0.255 e. The van der Waals surface area contributed by atoms with Crippen molar-refractivity contribution in [3.05, 3.63) is 29.0 Å². The minimum atomic E-state index is 0.00830. The third kappa shape index (κ3) is 3.91. The Labute approximate surface area is 118 Å². The van der Waals surface area contributed by atoms with Gasteiger partial charge < -0.3 is 9.64 Å². The van der Waals surface area contributed by atoms with Crippen molar-refractivity contribution in [2.45, 2.75) is 32.3 Å². The molecule has 104 valence electrons. The molecule has 0 N–H and O–H groups in total. The number of piperidine rings is 1. The van der Waals surface area contributed by atoms with E-state index in [0.29, 0.717) is 17.3 Å². The first-order chi connectivity index (χ1) is 9.20. The number of aromatic nitrogens is 1. The zero-order chi connectivity index (χ0) is 13.7. The van der Waals surface area contributed by atoms with Crippen LogP contribution < -0.4 is 0 Å². The first kappa shape index (κ1) is 14.3. The third-order valence-corrected chi connectivity index (χ3v) is 3.42. The second-order valence-electron chi connectivity index (χ2n) is 4.76. The van der Waals surface area contributed by atoms with Gasteiger partial charge in [0, 0.05) is 25.9 Å². The number of hydrogen-bond acceptors (Lipinski definition) is 3. The molecule has 4 nitrogen and oxygen atoms in total. The van der Waals surface area contributed by atoms with E-state index < -0.39 is 0 Å². The van der Waals surface area contributed by atoms with Gasteiger partial charge in [0.25, 0.3) is 5.91 Å². The molecule has 0 spiro atoms. The van der Waals surface area contributed by atoms with Crippen LogP contribution in [0.4, 0.5) is 0 Å². The SMILES string of the molecule is CCCOC1CCCN(C(=O)c2ccc(Cl)nc2)C1. The smallest absolute Gasteiger partial charge is 0.255 e. The molecule has 19 heavy (non-hydrogen) atoms. The van der Waals surface area contributed by atoms with E-state index in [1.807, 2.05) is 4.90 Å². The Morgan fingerprint density at radius 1 is 1.58 bits per heavy atom. The van der Waals surface area contributed by atoms with Gasteiger partial charge in [-0.3, -0.25) is 4.79 Å². The molecule has 1 amide bonds. The highest BCUT2D eigenvalue weighted by molar-refractivity contribution is 6.29. The molecule has 2 rings (SSSR count). The normalized spacial score (nSPS) is 19.5. The Morgan fingerprint density at radius 2 is 2.42 bits per heavy atom. The number of likely N-dealkylation sites (tertiary alicyclic amines) is 1. The Morgan fingerprint density at radius 3 is 3.11 bits per heavy atom. The first-order valence-corrected chi connectivity index (χ1v) is 7.11. The molecule has 1 aromatic heterocycles. The number of rotatable bonds is 4. The van der Waals surface area contributed by atoms with Crippen molar-refractivity contribution in [1.29, 1.82) is 0 Å². The molecular weight excluding hydrogens is 264 g/mol. The predicted octanol–water partition coefficient (Wildman–Crippen LogP) is 2.77. The second-order valence-corrected chi connectivity index (χ2v) is 5.14. The molecule has 1 saturated heterocycles. The summed E-state index contributed by atoms with van der Waals surface area (Å²) in [5, 5.41) is 0.402. The van der Waals surface area contributed by atoms with Gasteiger partial charge >= 0.3 is 0 Å². The van der Waals surface area contributed by atoms with Crippen LogP contribution in [0.25, 0.3) is 0 Å². The van der Waals surface area contributed by atoms with Crippen LogP contribution in [0.15, 0.2) is 18.3 Å². The van der Waals surface area contributed by atoms with E-state index in [2.05, 4.69) is 11.9 Å². The van der Waals surface area contributed by atoms with Gasteiger partial charge in [-0.25, -0.2) is 4.98 Å². The summed E-state index contributed by atoms with van der Waals surface area (Å²) in [6.07, 6.45) is 4.72. The molecule has 1 unspecified atom stereocenters. The number of amides is 1. The average molecular weight is 283 g/mol. The topological polar surface area (TPSA) is 42.4 Å². The standard InChI is InChI=1S/C14H19ClN2O2/c1-2-8-19-12-4-3-7-17(10-12)14(18)11-5-6-13(15)16-9-11/h5-6,9,12H,2-4,7-8,10H2,1H3. The highest BCUT2D eigenvalue weighted by atomic mass is 35.5. The lowest BCUT2D eigenvalue weighted by molar-refractivity contribution is 0.00210. The van der Waals surface area contributed by atoms with E-state index in [-0.39, 0.29) is 12.0 Å². The van der Waals surface area contributed by atoms with E-state index in [4.69, 9.17) is 16.3 Å². The summed E-state index contributed by atoms with van der Waals surface area (Å²) >= 11 is 5.73. The van der Waals surface area contributed by atoms with Crippen molar-refractivity contribution in [1.82, 2.24) is 9.88 Å².